The summed E-state index contributed by atoms with van der Waals surface area (Å²) in [6.07, 6.45) is -3.29. The lowest BCUT2D eigenvalue weighted by Gasteiger charge is -2.08. The van der Waals surface area contributed by atoms with Gasteiger partial charge in [-0.1, -0.05) is 0 Å². The van der Waals surface area contributed by atoms with Crippen LogP contribution in [0.1, 0.15) is 20.9 Å². The fourth-order valence-corrected chi connectivity index (χ4v) is 2.26. The van der Waals surface area contributed by atoms with Gasteiger partial charge in [0.2, 0.25) is 5.88 Å². The predicted octanol–water partition coefficient (Wildman–Crippen LogP) is 3.35. The van der Waals surface area contributed by atoms with Gasteiger partial charge < -0.3 is 4.74 Å². The van der Waals surface area contributed by atoms with Gasteiger partial charge in [0.1, 0.15) is 0 Å². The van der Waals surface area contributed by atoms with Crippen LogP contribution in [-0.4, -0.2) is 28.7 Å². The lowest BCUT2D eigenvalue weighted by Crippen LogP contribution is -2.19. The van der Waals surface area contributed by atoms with Crippen molar-refractivity contribution in [1.82, 2.24) is 9.97 Å². The van der Waals surface area contributed by atoms with Crippen LogP contribution in [-0.2, 0) is 0 Å². The summed E-state index contributed by atoms with van der Waals surface area (Å²) in [6.45, 7) is 2.29. The molecule has 5 nitrogen and oxygen atoms in total. The molecule has 0 unspecified atom stereocenters. The molecule has 118 valence electrons. The Labute approximate surface area is 128 Å². The van der Waals surface area contributed by atoms with Crippen LogP contribution in [0.2, 0.25) is 0 Å². The normalized spacial score (nSPS) is 11.3. The summed E-state index contributed by atoms with van der Waals surface area (Å²) in [5.41, 5.74) is 1.03. The van der Waals surface area contributed by atoms with Crippen molar-refractivity contribution in [2.45, 2.75) is 20.0 Å². The molecule has 0 aromatic carbocycles. The second kappa shape index (κ2) is 6.30. The highest BCUT2D eigenvalue weighted by atomic mass is 32.1. The highest BCUT2D eigenvalue weighted by molar-refractivity contribution is 7.15. The van der Waals surface area contributed by atoms with Crippen LogP contribution in [0.5, 0.6) is 5.88 Å². The van der Waals surface area contributed by atoms with Crippen LogP contribution in [0.15, 0.2) is 18.3 Å². The molecule has 0 radical (unpaired) electrons. The third-order valence-corrected chi connectivity index (χ3v) is 3.62. The van der Waals surface area contributed by atoms with E-state index < -0.39 is 18.7 Å². The van der Waals surface area contributed by atoms with Crippen molar-refractivity contribution >= 4 is 22.4 Å². The lowest BCUT2D eigenvalue weighted by atomic mass is 10.3. The molecule has 0 spiro atoms. The Morgan fingerprint density at radius 2 is 2.09 bits per heavy atom. The second-order valence-corrected chi connectivity index (χ2v) is 5.61. The van der Waals surface area contributed by atoms with E-state index in [0.29, 0.717) is 5.13 Å². The Morgan fingerprint density at radius 1 is 1.36 bits per heavy atom. The van der Waals surface area contributed by atoms with Gasteiger partial charge >= 0.3 is 6.18 Å². The minimum atomic E-state index is -4.43. The van der Waals surface area contributed by atoms with Crippen LogP contribution in [0.25, 0.3) is 0 Å². The standard InChI is InChI=1S/C13H12F3N3O2S/c1-7-8(2)22-12(18-7)19-11(20)9-3-4-10(17-5-9)21-6-13(14,15)16/h3-5H,6H2,1-2H3,(H,18,19,20). The number of hydrogen-bond donors (Lipinski definition) is 1. The first-order valence-corrected chi connectivity index (χ1v) is 6.97. The highest BCUT2D eigenvalue weighted by Gasteiger charge is 2.28. The van der Waals surface area contributed by atoms with Gasteiger partial charge in [-0.2, -0.15) is 13.2 Å². The number of carbonyl (C=O) groups excluding carboxylic acids is 1. The number of thiazole rings is 1. The SMILES string of the molecule is Cc1nc(NC(=O)c2ccc(OCC(F)(F)F)nc2)sc1C. The third-order valence-electron chi connectivity index (χ3n) is 2.63. The van der Waals surface area contributed by atoms with E-state index in [1.807, 2.05) is 13.8 Å². The number of ether oxygens (including phenoxy) is 1. The van der Waals surface area contributed by atoms with Crippen molar-refractivity contribution in [3.05, 3.63) is 34.5 Å². The Morgan fingerprint density at radius 3 is 2.59 bits per heavy atom. The molecule has 0 saturated carbocycles. The van der Waals surface area contributed by atoms with Crippen molar-refractivity contribution < 1.29 is 22.7 Å². The molecule has 0 bridgehead atoms. The van der Waals surface area contributed by atoms with Crippen molar-refractivity contribution in [2.24, 2.45) is 0 Å². The molecule has 9 heteroatoms. The summed E-state index contributed by atoms with van der Waals surface area (Å²) in [5, 5.41) is 3.06. The smallest absolute Gasteiger partial charge is 0.422 e. The van der Waals surface area contributed by atoms with Crippen molar-refractivity contribution in [1.29, 1.82) is 0 Å². The number of hydrogen-bond acceptors (Lipinski definition) is 5. The summed E-state index contributed by atoms with van der Waals surface area (Å²) < 4.78 is 40.5. The molecule has 1 amide bonds. The molecule has 0 aliphatic rings. The van der Waals surface area contributed by atoms with E-state index >= 15 is 0 Å². The molecule has 22 heavy (non-hydrogen) atoms. The molecule has 2 aromatic rings. The molecular weight excluding hydrogens is 319 g/mol. The van der Waals surface area contributed by atoms with E-state index in [2.05, 4.69) is 20.0 Å². The maximum absolute atomic E-state index is 12.0. The predicted molar refractivity (Wildman–Crippen MR) is 75.3 cm³/mol. The van der Waals surface area contributed by atoms with Gasteiger partial charge in [0.25, 0.3) is 5.91 Å². The number of rotatable bonds is 4. The summed E-state index contributed by atoms with van der Waals surface area (Å²) >= 11 is 1.34. The molecule has 0 saturated heterocycles. The second-order valence-electron chi connectivity index (χ2n) is 4.40. The van der Waals surface area contributed by atoms with Crippen molar-refractivity contribution in [3.8, 4) is 5.88 Å². The van der Waals surface area contributed by atoms with E-state index in [4.69, 9.17) is 0 Å². The van der Waals surface area contributed by atoms with Gasteiger partial charge in [-0.25, -0.2) is 9.97 Å². The first-order valence-electron chi connectivity index (χ1n) is 6.15. The maximum Gasteiger partial charge on any atom is 0.422 e. The van der Waals surface area contributed by atoms with Gasteiger partial charge in [0.15, 0.2) is 11.7 Å². The molecule has 0 atom stereocenters. The zero-order valence-corrected chi connectivity index (χ0v) is 12.5. The molecular formula is C13H12F3N3O2S. The van der Waals surface area contributed by atoms with Crippen molar-refractivity contribution in [2.75, 3.05) is 11.9 Å². The molecule has 2 rings (SSSR count). The van der Waals surface area contributed by atoms with Gasteiger partial charge in [-0.15, -0.1) is 11.3 Å². The summed E-state index contributed by atoms with van der Waals surface area (Å²) in [6, 6.07) is 2.54. The van der Waals surface area contributed by atoms with E-state index in [1.165, 1.54) is 23.5 Å². The van der Waals surface area contributed by atoms with Crippen LogP contribution < -0.4 is 10.1 Å². The van der Waals surface area contributed by atoms with Gasteiger partial charge in [0, 0.05) is 17.1 Å². The quantitative estimate of drug-likeness (QED) is 0.933. The Balaban J connectivity index is 1.99. The maximum atomic E-state index is 12.0. The fraction of sp³-hybridized carbons (Fsp3) is 0.308. The van der Waals surface area contributed by atoms with Crippen molar-refractivity contribution in [3.63, 3.8) is 0 Å². The first kappa shape index (κ1) is 16.2. The fourth-order valence-electron chi connectivity index (χ4n) is 1.45. The average molecular weight is 331 g/mol. The van der Waals surface area contributed by atoms with E-state index in [9.17, 15) is 18.0 Å². The summed E-state index contributed by atoms with van der Waals surface area (Å²) in [4.78, 5) is 20.8. The number of aryl methyl sites for hydroxylation is 2. The van der Waals surface area contributed by atoms with Crippen LogP contribution in [0, 0.1) is 13.8 Å². The Bertz CT molecular complexity index is 649. The molecule has 2 aromatic heterocycles. The Hall–Kier alpha value is -2.16. The van der Waals surface area contributed by atoms with E-state index in [0.717, 1.165) is 16.8 Å². The monoisotopic (exact) mass is 331 g/mol. The van der Waals surface area contributed by atoms with Crippen LogP contribution in [0.3, 0.4) is 0 Å². The molecule has 0 aliphatic heterocycles. The minimum Gasteiger partial charge on any atom is -0.468 e. The number of amides is 1. The number of nitrogens with zero attached hydrogens (tertiary/aromatic N) is 2. The summed E-state index contributed by atoms with van der Waals surface area (Å²) in [5.74, 6) is -0.640. The number of pyridine rings is 1. The Kier molecular flexibility index (Phi) is 4.65. The lowest BCUT2D eigenvalue weighted by molar-refractivity contribution is -0.154. The molecule has 2 heterocycles. The number of carbonyl (C=O) groups is 1. The highest BCUT2D eigenvalue weighted by Crippen LogP contribution is 2.22. The van der Waals surface area contributed by atoms with Gasteiger partial charge in [0.05, 0.1) is 11.3 Å². The number of anilines is 1. The topological polar surface area (TPSA) is 64.1 Å². The molecule has 0 aliphatic carbocycles. The molecule has 1 N–H and O–H groups in total. The first-order chi connectivity index (χ1) is 10.2. The van der Waals surface area contributed by atoms with Crippen LogP contribution in [0.4, 0.5) is 18.3 Å². The number of aromatic nitrogens is 2. The van der Waals surface area contributed by atoms with Gasteiger partial charge in [-0.05, 0) is 19.9 Å². The zero-order valence-electron chi connectivity index (χ0n) is 11.7. The number of alkyl halides is 3. The van der Waals surface area contributed by atoms with Crippen LogP contribution >= 0.6 is 11.3 Å². The number of nitrogens with one attached hydrogen (secondary N) is 1. The largest absolute Gasteiger partial charge is 0.468 e. The zero-order chi connectivity index (χ0) is 16.3. The third kappa shape index (κ3) is 4.42. The molecule has 0 fully saturated rings. The number of halogens is 3. The van der Waals surface area contributed by atoms with E-state index in [-0.39, 0.29) is 11.4 Å². The minimum absolute atomic E-state index is 0.199. The van der Waals surface area contributed by atoms with Gasteiger partial charge in [-0.3, -0.25) is 10.1 Å². The van der Waals surface area contributed by atoms with E-state index in [1.54, 1.807) is 0 Å². The average Bonchev–Trinajstić information content (AvgIpc) is 2.74. The summed E-state index contributed by atoms with van der Waals surface area (Å²) in [7, 11) is 0.